The summed E-state index contributed by atoms with van der Waals surface area (Å²) in [5.41, 5.74) is 0. The Balaban J connectivity index is 1.70. The predicted molar refractivity (Wildman–Crippen MR) is 64.0 cm³/mol. The summed E-state index contributed by atoms with van der Waals surface area (Å²) in [4.78, 5) is 2.64. The minimum Gasteiger partial charge on any atom is -0.311 e. The fourth-order valence-electron chi connectivity index (χ4n) is 2.36. The molecule has 2 aliphatic heterocycles. The Morgan fingerprint density at radius 1 is 1.36 bits per heavy atom. The summed E-state index contributed by atoms with van der Waals surface area (Å²) in [6.45, 7) is 6.06. The zero-order valence-corrected chi connectivity index (χ0v) is 9.98. The van der Waals surface area contributed by atoms with Gasteiger partial charge in [-0.2, -0.15) is 11.8 Å². The first-order valence-electron chi connectivity index (χ1n) is 5.95. The van der Waals surface area contributed by atoms with Gasteiger partial charge in [0.1, 0.15) is 0 Å². The van der Waals surface area contributed by atoms with Crippen molar-refractivity contribution >= 4 is 11.8 Å². The standard InChI is InChI=1S/C11H22N2S/c1-2-13-6-4-3-5-11(13)7-12-10-8-14-9-10/h10-12H,2-9H2,1H3. The number of nitrogens with zero attached hydrogens (tertiary/aromatic N) is 1. The SMILES string of the molecule is CCN1CCCCC1CNC1CSC1. The van der Waals surface area contributed by atoms with Gasteiger partial charge in [0, 0.05) is 30.1 Å². The van der Waals surface area contributed by atoms with Crippen molar-refractivity contribution in [3.8, 4) is 0 Å². The van der Waals surface area contributed by atoms with Crippen molar-refractivity contribution in [2.45, 2.75) is 38.3 Å². The molecule has 0 spiro atoms. The number of hydrogen-bond donors (Lipinski definition) is 1. The molecule has 82 valence electrons. The van der Waals surface area contributed by atoms with Gasteiger partial charge in [0.05, 0.1) is 0 Å². The van der Waals surface area contributed by atoms with Crippen LogP contribution in [0.5, 0.6) is 0 Å². The quantitative estimate of drug-likeness (QED) is 0.765. The fraction of sp³-hybridized carbons (Fsp3) is 1.00. The zero-order chi connectivity index (χ0) is 9.80. The minimum absolute atomic E-state index is 0.819. The molecule has 2 fully saturated rings. The average Bonchev–Trinajstić information content (AvgIpc) is 2.16. The molecular weight excluding hydrogens is 192 g/mol. The van der Waals surface area contributed by atoms with Gasteiger partial charge >= 0.3 is 0 Å². The Morgan fingerprint density at radius 2 is 2.21 bits per heavy atom. The van der Waals surface area contributed by atoms with Crippen LogP contribution < -0.4 is 5.32 Å². The first kappa shape index (κ1) is 10.8. The van der Waals surface area contributed by atoms with Crippen molar-refractivity contribution in [2.75, 3.05) is 31.1 Å². The second kappa shape index (κ2) is 5.38. The largest absolute Gasteiger partial charge is 0.311 e. The van der Waals surface area contributed by atoms with Crippen molar-refractivity contribution in [3.63, 3.8) is 0 Å². The average molecular weight is 214 g/mol. The van der Waals surface area contributed by atoms with Gasteiger partial charge in [-0.3, -0.25) is 4.90 Å². The van der Waals surface area contributed by atoms with Gasteiger partial charge in [0.25, 0.3) is 0 Å². The highest BCUT2D eigenvalue weighted by Gasteiger charge is 2.23. The lowest BCUT2D eigenvalue weighted by Crippen LogP contribution is -2.50. The van der Waals surface area contributed by atoms with Crippen molar-refractivity contribution in [1.82, 2.24) is 10.2 Å². The van der Waals surface area contributed by atoms with Crippen LogP contribution in [0, 0.1) is 0 Å². The van der Waals surface area contributed by atoms with Crippen LogP contribution in [0.4, 0.5) is 0 Å². The van der Waals surface area contributed by atoms with E-state index in [2.05, 4.69) is 28.9 Å². The molecule has 14 heavy (non-hydrogen) atoms. The van der Waals surface area contributed by atoms with Gasteiger partial charge < -0.3 is 5.32 Å². The summed E-state index contributed by atoms with van der Waals surface area (Å²) in [5.74, 6) is 2.66. The highest BCUT2D eigenvalue weighted by Crippen LogP contribution is 2.19. The number of nitrogens with one attached hydrogen (secondary N) is 1. The molecular formula is C11H22N2S. The van der Waals surface area contributed by atoms with E-state index in [1.807, 2.05) is 0 Å². The van der Waals surface area contributed by atoms with E-state index in [9.17, 15) is 0 Å². The molecule has 1 N–H and O–H groups in total. The van der Waals surface area contributed by atoms with Gasteiger partial charge in [0.2, 0.25) is 0 Å². The van der Waals surface area contributed by atoms with Crippen LogP contribution in [0.1, 0.15) is 26.2 Å². The topological polar surface area (TPSA) is 15.3 Å². The maximum atomic E-state index is 3.69. The molecule has 0 bridgehead atoms. The first-order valence-corrected chi connectivity index (χ1v) is 7.11. The highest BCUT2D eigenvalue weighted by molar-refractivity contribution is 8.00. The van der Waals surface area contributed by atoms with E-state index in [4.69, 9.17) is 0 Å². The van der Waals surface area contributed by atoms with Crippen molar-refractivity contribution < 1.29 is 0 Å². The second-order valence-corrected chi connectivity index (χ2v) is 5.50. The molecule has 2 aliphatic rings. The van der Waals surface area contributed by atoms with Crippen molar-refractivity contribution in [3.05, 3.63) is 0 Å². The van der Waals surface area contributed by atoms with E-state index in [1.54, 1.807) is 0 Å². The van der Waals surface area contributed by atoms with E-state index in [-0.39, 0.29) is 0 Å². The maximum absolute atomic E-state index is 3.69. The molecule has 3 heteroatoms. The Bertz CT molecular complexity index is 171. The predicted octanol–water partition coefficient (Wildman–Crippen LogP) is 1.57. The van der Waals surface area contributed by atoms with Gasteiger partial charge in [-0.25, -0.2) is 0 Å². The lowest BCUT2D eigenvalue weighted by Gasteiger charge is -2.37. The van der Waals surface area contributed by atoms with Crippen LogP contribution >= 0.6 is 11.8 Å². The van der Waals surface area contributed by atoms with Crippen LogP contribution in [0.3, 0.4) is 0 Å². The monoisotopic (exact) mass is 214 g/mol. The molecule has 0 aliphatic carbocycles. The van der Waals surface area contributed by atoms with E-state index >= 15 is 0 Å². The molecule has 1 unspecified atom stereocenters. The Kier molecular flexibility index (Phi) is 4.14. The molecule has 2 nitrogen and oxygen atoms in total. The number of hydrogen-bond acceptors (Lipinski definition) is 3. The molecule has 1 atom stereocenters. The zero-order valence-electron chi connectivity index (χ0n) is 9.17. The Hall–Kier alpha value is 0.270. The molecule has 0 aromatic rings. The number of likely N-dealkylation sites (tertiary alicyclic amines) is 1. The van der Waals surface area contributed by atoms with Crippen molar-refractivity contribution in [2.24, 2.45) is 0 Å². The third kappa shape index (κ3) is 2.65. The van der Waals surface area contributed by atoms with E-state index < -0.39 is 0 Å². The van der Waals surface area contributed by atoms with Crippen LogP contribution in [0.2, 0.25) is 0 Å². The molecule has 0 radical (unpaired) electrons. The van der Waals surface area contributed by atoms with Gasteiger partial charge in [-0.05, 0) is 25.9 Å². The summed E-state index contributed by atoms with van der Waals surface area (Å²) >= 11 is 2.06. The Labute approximate surface area is 91.8 Å². The molecule has 0 amide bonds. The number of thioether (sulfide) groups is 1. The lowest BCUT2D eigenvalue weighted by molar-refractivity contribution is 0.151. The number of rotatable bonds is 4. The van der Waals surface area contributed by atoms with Crippen LogP contribution in [-0.2, 0) is 0 Å². The number of piperidine rings is 1. The minimum atomic E-state index is 0.819. The van der Waals surface area contributed by atoms with Crippen LogP contribution in [0.25, 0.3) is 0 Å². The third-order valence-corrected chi connectivity index (χ3v) is 4.71. The first-order chi connectivity index (χ1) is 6.90. The molecule has 2 heterocycles. The molecule has 0 aromatic carbocycles. The fourth-order valence-corrected chi connectivity index (χ4v) is 3.07. The molecule has 0 saturated carbocycles. The smallest absolute Gasteiger partial charge is 0.0249 e. The van der Waals surface area contributed by atoms with Gasteiger partial charge in [0.15, 0.2) is 0 Å². The summed E-state index contributed by atoms with van der Waals surface area (Å²) in [7, 11) is 0. The summed E-state index contributed by atoms with van der Waals surface area (Å²) < 4.78 is 0. The highest BCUT2D eigenvalue weighted by atomic mass is 32.2. The summed E-state index contributed by atoms with van der Waals surface area (Å²) in [6.07, 6.45) is 4.24. The number of likely N-dealkylation sites (N-methyl/N-ethyl adjacent to an activating group) is 1. The third-order valence-electron chi connectivity index (χ3n) is 3.44. The van der Waals surface area contributed by atoms with Crippen LogP contribution in [0.15, 0.2) is 0 Å². The van der Waals surface area contributed by atoms with E-state index in [0.29, 0.717) is 0 Å². The second-order valence-electron chi connectivity index (χ2n) is 4.42. The van der Waals surface area contributed by atoms with E-state index in [0.717, 1.165) is 12.1 Å². The lowest BCUT2D eigenvalue weighted by atomic mass is 10.0. The maximum Gasteiger partial charge on any atom is 0.0249 e. The van der Waals surface area contributed by atoms with Crippen molar-refractivity contribution in [1.29, 1.82) is 0 Å². The normalized spacial score (nSPS) is 30.2. The molecule has 2 rings (SSSR count). The van der Waals surface area contributed by atoms with E-state index in [1.165, 1.54) is 50.4 Å². The summed E-state index contributed by atoms with van der Waals surface area (Å²) in [6, 6.07) is 1.64. The Morgan fingerprint density at radius 3 is 2.86 bits per heavy atom. The molecule has 0 aromatic heterocycles. The van der Waals surface area contributed by atoms with Crippen LogP contribution in [-0.4, -0.2) is 48.1 Å². The summed E-state index contributed by atoms with van der Waals surface area (Å²) in [5, 5.41) is 3.69. The van der Waals surface area contributed by atoms with Gasteiger partial charge in [-0.15, -0.1) is 0 Å². The molecule has 2 saturated heterocycles. The van der Waals surface area contributed by atoms with Gasteiger partial charge in [-0.1, -0.05) is 13.3 Å².